The minimum Gasteiger partial charge on any atom is -0.323 e. The highest BCUT2D eigenvalue weighted by molar-refractivity contribution is 6.07. The van der Waals surface area contributed by atoms with Crippen LogP contribution in [0.4, 0.5) is 10.7 Å². The smallest absolute Gasteiger partial charge is 0.323 e. The van der Waals surface area contributed by atoms with Crippen LogP contribution in [0, 0.1) is 0 Å². The van der Waals surface area contributed by atoms with Crippen molar-refractivity contribution in [3.63, 3.8) is 0 Å². The molecule has 1 aliphatic heterocycles. The average molecular weight is 431 g/mol. The van der Waals surface area contributed by atoms with Crippen LogP contribution in [-0.4, -0.2) is 44.4 Å². The molecule has 2 heterocycles. The molecule has 0 atom stereocenters. The van der Waals surface area contributed by atoms with Crippen molar-refractivity contribution in [1.82, 2.24) is 19.8 Å². The quantitative estimate of drug-likeness (QED) is 0.583. The summed E-state index contributed by atoms with van der Waals surface area (Å²) in [5.74, 6) is 0.0914. The Labute approximate surface area is 185 Å². The summed E-state index contributed by atoms with van der Waals surface area (Å²) >= 11 is 0. The van der Waals surface area contributed by atoms with Gasteiger partial charge in [0, 0.05) is 18.7 Å². The maximum atomic E-state index is 12.7. The third-order valence-electron chi connectivity index (χ3n) is 6.31. The molecule has 2 N–H and O–H groups in total. The number of nitrogens with one attached hydrogen (secondary N) is 2. The molecular weight excluding hydrogens is 406 g/mol. The molecule has 1 saturated heterocycles. The van der Waals surface area contributed by atoms with Crippen molar-refractivity contribution in [2.45, 2.75) is 44.1 Å². The molecule has 2 fully saturated rings. The van der Waals surface area contributed by atoms with Crippen LogP contribution in [0.5, 0.6) is 0 Å². The summed E-state index contributed by atoms with van der Waals surface area (Å²) in [5.41, 5.74) is 1.88. The van der Waals surface area contributed by atoms with Gasteiger partial charge in [-0.2, -0.15) is 0 Å². The van der Waals surface area contributed by atoms with Crippen molar-refractivity contribution in [3.8, 4) is 5.69 Å². The van der Waals surface area contributed by atoms with Crippen molar-refractivity contribution >= 4 is 34.8 Å². The van der Waals surface area contributed by atoms with Gasteiger partial charge in [0.2, 0.25) is 11.9 Å². The zero-order valence-corrected chi connectivity index (χ0v) is 17.7. The number of carbonyl (C=O) groups is 3. The summed E-state index contributed by atoms with van der Waals surface area (Å²) in [6.07, 6.45) is 3.87. The lowest BCUT2D eigenvalue weighted by Crippen LogP contribution is -2.44. The number of para-hydroxylation sites is 3. The summed E-state index contributed by atoms with van der Waals surface area (Å²) in [6, 6.07) is 17.1. The van der Waals surface area contributed by atoms with E-state index in [-0.39, 0.29) is 30.8 Å². The molecule has 8 heteroatoms. The Hall–Kier alpha value is -3.68. The molecule has 1 aromatic heterocycles. The van der Waals surface area contributed by atoms with Gasteiger partial charge < -0.3 is 5.32 Å². The molecule has 0 radical (unpaired) electrons. The van der Waals surface area contributed by atoms with Crippen LogP contribution >= 0.6 is 0 Å². The van der Waals surface area contributed by atoms with E-state index < -0.39 is 5.54 Å². The van der Waals surface area contributed by atoms with Crippen molar-refractivity contribution < 1.29 is 14.4 Å². The number of urea groups is 1. The van der Waals surface area contributed by atoms with Crippen molar-refractivity contribution in [2.24, 2.45) is 0 Å². The summed E-state index contributed by atoms with van der Waals surface area (Å²) in [7, 11) is 0. The zero-order chi connectivity index (χ0) is 22.1. The molecule has 1 aliphatic carbocycles. The molecule has 3 aromatic rings. The highest BCUT2D eigenvalue weighted by atomic mass is 16.2. The van der Waals surface area contributed by atoms with Crippen LogP contribution in [0.2, 0.25) is 0 Å². The maximum Gasteiger partial charge on any atom is 0.325 e. The van der Waals surface area contributed by atoms with Gasteiger partial charge in [-0.3, -0.25) is 24.4 Å². The lowest BCUT2D eigenvalue weighted by Gasteiger charge is -2.19. The molecule has 1 spiro atoms. The molecule has 2 aromatic carbocycles. The van der Waals surface area contributed by atoms with Crippen molar-refractivity contribution in [3.05, 3.63) is 54.6 Å². The maximum absolute atomic E-state index is 12.7. The monoisotopic (exact) mass is 431 g/mol. The summed E-state index contributed by atoms with van der Waals surface area (Å²) < 4.78 is 1.91. The van der Waals surface area contributed by atoms with E-state index in [1.807, 2.05) is 59.2 Å². The Balaban J connectivity index is 1.26. The number of nitrogens with zero attached hydrogens (tertiary/aromatic N) is 3. The van der Waals surface area contributed by atoms with Gasteiger partial charge in [-0.1, -0.05) is 43.2 Å². The van der Waals surface area contributed by atoms with Crippen LogP contribution in [0.15, 0.2) is 54.6 Å². The van der Waals surface area contributed by atoms with E-state index in [0.717, 1.165) is 29.6 Å². The van der Waals surface area contributed by atoms with Gasteiger partial charge in [-0.15, -0.1) is 0 Å². The molecule has 0 unspecified atom stereocenters. The first-order chi connectivity index (χ1) is 15.6. The van der Waals surface area contributed by atoms with E-state index in [9.17, 15) is 14.4 Å². The van der Waals surface area contributed by atoms with Crippen LogP contribution in [0.3, 0.4) is 0 Å². The average Bonchev–Trinajstić information content (AvgIpc) is 3.47. The fraction of sp³-hybridized carbons (Fsp3) is 0.333. The Kier molecular flexibility index (Phi) is 5.13. The predicted octanol–water partition coefficient (Wildman–Crippen LogP) is 3.61. The normalized spacial score (nSPS) is 17.3. The molecule has 1 saturated carbocycles. The number of hydrogen-bond donors (Lipinski definition) is 2. The van der Waals surface area contributed by atoms with E-state index in [1.54, 1.807) is 0 Å². The summed E-state index contributed by atoms with van der Waals surface area (Å²) in [6.45, 7) is 0.231. The van der Waals surface area contributed by atoms with Gasteiger partial charge in [0.15, 0.2) is 0 Å². The molecule has 164 valence electrons. The van der Waals surface area contributed by atoms with Gasteiger partial charge in [-0.05, 0) is 43.5 Å². The fourth-order valence-corrected chi connectivity index (χ4v) is 4.73. The largest absolute Gasteiger partial charge is 0.325 e. The van der Waals surface area contributed by atoms with Crippen LogP contribution < -0.4 is 10.6 Å². The van der Waals surface area contributed by atoms with Gasteiger partial charge in [0.25, 0.3) is 5.91 Å². The molecule has 32 heavy (non-hydrogen) atoms. The van der Waals surface area contributed by atoms with Crippen molar-refractivity contribution in [2.75, 3.05) is 11.9 Å². The Morgan fingerprint density at radius 3 is 2.53 bits per heavy atom. The highest BCUT2D eigenvalue weighted by Crippen LogP contribution is 2.35. The molecule has 8 nitrogen and oxygen atoms in total. The van der Waals surface area contributed by atoms with Crippen molar-refractivity contribution in [1.29, 1.82) is 0 Å². The van der Waals surface area contributed by atoms with Crippen LogP contribution in [0.25, 0.3) is 16.7 Å². The summed E-state index contributed by atoms with van der Waals surface area (Å²) in [4.78, 5) is 43.6. The molecular formula is C24H25N5O3. The summed E-state index contributed by atoms with van der Waals surface area (Å²) in [5, 5.41) is 5.77. The number of amides is 4. The third kappa shape index (κ3) is 3.51. The van der Waals surface area contributed by atoms with E-state index in [4.69, 9.17) is 0 Å². The zero-order valence-electron chi connectivity index (χ0n) is 17.7. The lowest BCUT2D eigenvalue weighted by atomic mass is 9.98. The van der Waals surface area contributed by atoms with Crippen LogP contribution in [0.1, 0.15) is 38.5 Å². The van der Waals surface area contributed by atoms with E-state index >= 15 is 0 Å². The van der Waals surface area contributed by atoms with Gasteiger partial charge >= 0.3 is 6.03 Å². The number of fused-ring (bicyclic) bond motifs is 1. The minimum atomic E-state index is -0.708. The van der Waals surface area contributed by atoms with E-state index in [2.05, 4.69) is 15.6 Å². The first-order valence-corrected chi connectivity index (χ1v) is 11.0. The minimum absolute atomic E-state index is 0.147. The molecule has 2 aliphatic rings. The first kappa shape index (κ1) is 20.2. The molecule has 0 bridgehead atoms. The highest BCUT2D eigenvalue weighted by Gasteiger charge is 2.52. The number of anilines is 1. The fourth-order valence-electron chi connectivity index (χ4n) is 4.73. The Bertz CT molecular complexity index is 1180. The Morgan fingerprint density at radius 2 is 1.75 bits per heavy atom. The SMILES string of the molecule is O=C(CCCN1C(=O)NC2(CCCC2)C1=O)Nc1nc2ccccc2n1-c1ccccc1. The molecule has 5 rings (SSSR count). The van der Waals surface area contributed by atoms with Gasteiger partial charge in [-0.25, -0.2) is 9.78 Å². The second-order valence-corrected chi connectivity index (χ2v) is 8.42. The van der Waals surface area contributed by atoms with Gasteiger partial charge in [0.05, 0.1) is 11.0 Å². The number of aromatic nitrogens is 2. The van der Waals surface area contributed by atoms with Crippen LogP contribution in [-0.2, 0) is 9.59 Å². The number of imidazole rings is 1. The topological polar surface area (TPSA) is 96.3 Å². The number of carbonyl (C=O) groups excluding carboxylic acids is 3. The third-order valence-corrected chi connectivity index (χ3v) is 6.31. The predicted molar refractivity (Wildman–Crippen MR) is 120 cm³/mol. The molecule has 4 amide bonds. The van der Waals surface area contributed by atoms with E-state index in [1.165, 1.54) is 4.90 Å². The number of benzene rings is 2. The Morgan fingerprint density at radius 1 is 1.03 bits per heavy atom. The second-order valence-electron chi connectivity index (χ2n) is 8.42. The standard InChI is InChI=1S/C24H25N5O3/c30-20(13-8-16-28-21(31)24(27-23(28)32)14-6-7-15-24)26-22-25-18-11-4-5-12-19(18)29(22)17-9-2-1-3-10-17/h1-5,9-12H,6-8,13-16H2,(H,27,32)(H,25,26,30). The number of imide groups is 1. The lowest BCUT2D eigenvalue weighted by molar-refractivity contribution is -0.131. The van der Waals surface area contributed by atoms with E-state index in [0.29, 0.717) is 25.2 Å². The first-order valence-electron chi connectivity index (χ1n) is 11.0. The number of hydrogen-bond acceptors (Lipinski definition) is 4. The number of rotatable bonds is 6. The second kappa shape index (κ2) is 8.11. The van der Waals surface area contributed by atoms with Gasteiger partial charge in [0.1, 0.15) is 5.54 Å².